The van der Waals surface area contributed by atoms with E-state index in [0.717, 1.165) is 6.42 Å². The van der Waals surface area contributed by atoms with Crippen molar-refractivity contribution in [1.82, 2.24) is 0 Å². The predicted molar refractivity (Wildman–Crippen MR) is 51.5 cm³/mol. The first kappa shape index (κ1) is 12.2. The Morgan fingerprint density at radius 3 is 2.54 bits per heavy atom. The van der Waals surface area contributed by atoms with Crippen molar-refractivity contribution in [2.75, 3.05) is 19.8 Å². The summed E-state index contributed by atoms with van der Waals surface area (Å²) >= 11 is 0. The van der Waals surface area contributed by atoms with Crippen molar-refractivity contribution in [2.24, 2.45) is 0 Å². The Bertz CT molecular complexity index is 173. The van der Waals surface area contributed by atoms with Gasteiger partial charge in [-0.15, -0.1) is 0 Å². The Labute approximate surface area is 79.7 Å². The molecule has 76 valence electrons. The summed E-state index contributed by atoms with van der Waals surface area (Å²) in [6.45, 7) is 7.30. The van der Waals surface area contributed by atoms with Gasteiger partial charge in [-0.25, -0.2) is 4.79 Å². The predicted octanol–water partition coefficient (Wildman–Crippen LogP) is 1.92. The average molecular weight is 186 g/mol. The largest absolute Gasteiger partial charge is 0.463 e. The molecule has 0 aliphatic carbocycles. The molecule has 0 unspecified atom stereocenters. The van der Waals surface area contributed by atoms with E-state index in [1.807, 2.05) is 13.0 Å². The molecule has 0 aliphatic rings. The van der Waals surface area contributed by atoms with E-state index < -0.39 is 0 Å². The van der Waals surface area contributed by atoms with Gasteiger partial charge in [0.1, 0.15) is 0 Å². The van der Waals surface area contributed by atoms with Crippen LogP contribution < -0.4 is 0 Å². The molecule has 0 aromatic carbocycles. The van der Waals surface area contributed by atoms with E-state index in [4.69, 9.17) is 9.47 Å². The zero-order valence-corrected chi connectivity index (χ0v) is 8.63. The lowest BCUT2D eigenvalue weighted by atomic mass is 10.2. The molecule has 0 aliphatic heterocycles. The smallest absolute Gasteiger partial charge is 0.333 e. The lowest BCUT2D eigenvalue weighted by molar-refractivity contribution is -0.138. The monoisotopic (exact) mass is 186 g/mol. The molecule has 0 radical (unpaired) electrons. The lowest BCUT2D eigenvalue weighted by Crippen LogP contribution is -2.05. The number of rotatable bonds is 6. The van der Waals surface area contributed by atoms with E-state index in [-0.39, 0.29) is 5.97 Å². The second kappa shape index (κ2) is 7.80. The van der Waals surface area contributed by atoms with Crippen molar-refractivity contribution >= 4 is 5.97 Å². The maximum atomic E-state index is 11.1. The highest BCUT2D eigenvalue weighted by Crippen LogP contribution is 1.98. The standard InChI is InChI=1S/C10H18O3/c1-4-12-8-6-7-9(3)10(11)13-5-2/h7H,4-6,8H2,1-3H3/b9-7+. The summed E-state index contributed by atoms with van der Waals surface area (Å²) < 4.78 is 9.94. The van der Waals surface area contributed by atoms with Crippen LogP contribution in [0.25, 0.3) is 0 Å². The van der Waals surface area contributed by atoms with Gasteiger partial charge in [0.2, 0.25) is 0 Å². The topological polar surface area (TPSA) is 35.5 Å². The fourth-order valence-corrected chi connectivity index (χ4v) is 0.831. The molecule has 0 rings (SSSR count). The van der Waals surface area contributed by atoms with Gasteiger partial charge in [0.05, 0.1) is 13.2 Å². The van der Waals surface area contributed by atoms with Crippen LogP contribution in [-0.4, -0.2) is 25.8 Å². The fourth-order valence-electron chi connectivity index (χ4n) is 0.831. The van der Waals surface area contributed by atoms with Gasteiger partial charge in [-0.05, 0) is 27.2 Å². The number of hydrogen-bond acceptors (Lipinski definition) is 3. The molecule has 0 aromatic rings. The zero-order chi connectivity index (χ0) is 10.1. The van der Waals surface area contributed by atoms with Crippen molar-refractivity contribution < 1.29 is 14.3 Å². The molecule has 0 fully saturated rings. The van der Waals surface area contributed by atoms with Gasteiger partial charge >= 0.3 is 5.97 Å². The molecule has 0 saturated carbocycles. The molecule has 0 bridgehead atoms. The van der Waals surface area contributed by atoms with Crippen LogP contribution in [-0.2, 0) is 14.3 Å². The highest BCUT2D eigenvalue weighted by molar-refractivity contribution is 5.87. The number of ether oxygens (including phenoxy) is 2. The second-order valence-electron chi connectivity index (χ2n) is 2.59. The summed E-state index contributed by atoms with van der Waals surface area (Å²) in [5.74, 6) is -0.237. The van der Waals surface area contributed by atoms with Crippen molar-refractivity contribution in [3.05, 3.63) is 11.6 Å². The maximum absolute atomic E-state index is 11.1. The van der Waals surface area contributed by atoms with E-state index in [0.29, 0.717) is 25.4 Å². The Morgan fingerprint density at radius 2 is 2.00 bits per heavy atom. The molecule has 0 saturated heterocycles. The second-order valence-corrected chi connectivity index (χ2v) is 2.59. The Morgan fingerprint density at radius 1 is 1.31 bits per heavy atom. The third-order valence-electron chi connectivity index (χ3n) is 1.51. The molecule has 3 heteroatoms. The zero-order valence-electron chi connectivity index (χ0n) is 8.63. The molecule has 0 atom stereocenters. The van der Waals surface area contributed by atoms with Crippen molar-refractivity contribution in [3.8, 4) is 0 Å². The SMILES string of the molecule is CCOCC/C=C(\C)C(=O)OCC. The van der Waals surface area contributed by atoms with Gasteiger partial charge < -0.3 is 9.47 Å². The minimum Gasteiger partial charge on any atom is -0.463 e. The minimum atomic E-state index is -0.237. The Hall–Kier alpha value is -0.830. The van der Waals surface area contributed by atoms with Crippen LogP contribution in [0, 0.1) is 0 Å². The quantitative estimate of drug-likeness (QED) is 0.361. The van der Waals surface area contributed by atoms with E-state index in [9.17, 15) is 4.79 Å². The van der Waals surface area contributed by atoms with Crippen LogP contribution in [0.4, 0.5) is 0 Å². The number of carbonyl (C=O) groups is 1. The van der Waals surface area contributed by atoms with Crippen molar-refractivity contribution in [3.63, 3.8) is 0 Å². The first-order valence-corrected chi connectivity index (χ1v) is 4.64. The number of esters is 1. The highest BCUT2D eigenvalue weighted by Gasteiger charge is 2.02. The van der Waals surface area contributed by atoms with Crippen LogP contribution in [0.3, 0.4) is 0 Å². The van der Waals surface area contributed by atoms with E-state index in [1.54, 1.807) is 13.8 Å². The molecule has 0 heterocycles. The van der Waals surface area contributed by atoms with E-state index in [2.05, 4.69) is 0 Å². The van der Waals surface area contributed by atoms with Gasteiger partial charge in [0.25, 0.3) is 0 Å². The van der Waals surface area contributed by atoms with Crippen molar-refractivity contribution in [2.45, 2.75) is 27.2 Å². The van der Waals surface area contributed by atoms with Crippen molar-refractivity contribution in [1.29, 1.82) is 0 Å². The van der Waals surface area contributed by atoms with E-state index in [1.165, 1.54) is 0 Å². The number of carbonyl (C=O) groups excluding carboxylic acids is 1. The van der Waals surface area contributed by atoms with Gasteiger partial charge in [-0.2, -0.15) is 0 Å². The summed E-state index contributed by atoms with van der Waals surface area (Å²) in [5, 5.41) is 0. The first-order valence-electron chi connectivity index (χ1n) is 4.64. The minimum absolute atomic E-state index is 0.237. The van der Waals surface area contributed by atoms with Crippen LogP contribution in [0.15, 0.2) is 11.6 Å². The summed E-state index contributed by atoms with van der Waals surface area (Å²) in [4.78, 5) is 11.1. The first-order chi connectivity index (χ1) is 6.22. The Kier molecular flexibility index (Phi) is 7.30. The highest BCUT2D eigenvalue weighted by atomic mass is 16.5. The van der Waals surface area contributed by atoms with Gasteiger partial charge in [0, 0.05) is 12.2 Å². The van der Waals surface area contributed by atoms with Gasteiger partial charge in [0.15, 0.2) is 0 Å². The van der Waals surface area contributed by atoms with Crippen LogP contribution >= 0.6 is 0 Å². The third-order valence-corrected chi connectivity index (χ3v) is 1.51. The number of hydrogen-bond donors (Lipinski definition) is 0. The summed E-state index contributed by atoms with van der Waals surface area (Å²) in [7, 11) is 0. The van der Waals surface area contributed by atoms with Gasteiger partial charge in [-0.1, -0.05) is 6.08 Å². The molecule has 0 N–H and O–H groups in total. The maximum Gasteiger partial charge on any atom is 0.333 e. The molecule has 0 aromatic heterocycles. The molecule has 0 amide bonds. The van der Waals surface area contributed by atoms with Crippen LogP contribution in [0.5, 0.6) is 0 Å². The average Bonchev–Trinajstić information content (AvgIpc) is 2.12. The summed E-state index contributed by atoms with van der Waals surface area (Å²) in [6, 6.07) is 0. The fraction of sp³-hybridized carbons (Fsp3) is 0.700. The summed E-state index contributed by atoms with van der Waals surface area (Å²) in [5.41, 5.74) is 0.654. The van der Waals surface area contributed by atoms with Gasteiger partial charge in [-0.3, -0.25) is 0 Å². The Balaban J connectivity index is 3.67. The molecule has 3 nitrogen and oxygen atoms in total. The van der Waals surface area contributed by atoms with E-state index >= 15 is 0 Å². The molecule has 0 spiro atoms. The normalized spacial score (nSPS) is 11.5. The third kappa shape index (κ3) is 6.34. The van der Waals surface area contributed by atoms with Crippen LogP contribution in [0.2, 0.25) is 0 Å². The van der Waals surface area contributed by atoms with Crippen LogP contribution in [0.1, 0.15) is 27.2 Å². The molecular weight excluding hydrogens is 168 g/mol. The lowest BCUT2D eigenvalue weighted by Gasteiger charge is -2.01. The summed E-state index contributed by atoms with van der Waals surface area (Å²) in [6.07, 6.45) is 2.60. The molecule has 13 heavy (non-hydrogen) atoms. The molecular formula is C10H18O3.